The van der Waals surface area contributed by atoms with Crippen LogP contribution in [-0.2, 0) is 11.2 Å². The maximum Gasteiger partial charge on any atom is 0.308 e. The van der Waals surface area contributed by atoms with Crippen molar-refractivity contribution in [3.8, 4) is 11.6 Å². The van der Waals surface area contributed by atoms with Crippen molar-refractivity contribution in [1.82, 2.24) is 10.3 Å². The number of carboxylic acids is 1. The predicted molar refractivity (Wildman–Crippen MR) is 95.6 cm³/mol. The maximum atomic E-state index is 12.3. The van der Waals surface area contributed by atoms with E-state index in [0.29, 0.717) is 13.0 Å². The maximum absolute atomic E-state index is 12.3. The van der Waals surface area contributed by atoms with Gasteiger partial charge in [-0.3, -0.25) is 9.59 Å². The molecule has 1 heterocycles. The van der Waals surface area contributed by atoms with Crippen LogP contribution in [-0.4, -0.2) is 42.2 Å². The summed E-state index contributed by atoms with van der Waals surface area (Å²) in [5.74, 6) is -1.21. The van der Waals surface area contributed by atoms with Gasteiger partial charge in [0.15, 0.2) is 0 Å². The van der Waals surface area contributed by atoms with E-state index in [1.165, 1.54) is 13.3 Å². The number of amides is 1. The van der Waals surface area contributed by atoms with Gasteiger partial charge in [-0.05, 0) is 43.2 Å². The molecule has 0 saturated heterocycles. The van der Waals surface area contributed by atoms with Crippen LogP contribution in [0.3, 0.4) is 0 Å². The second-order valence-electron chi connectivity index (χ2n) is 5.59. The number of ether oxygens (including phenoxy) is 2. The number of methoxy groups -OCH3 is 1. The van der Waals surface area contributed by atoms with Gasteiger partial charge in [0.2, 0.25) is 5.88 Å². The largest absolute Gasteiger partial charge is 0.494 e. The first kappa shape index (κ1) is 19.2. The molecule has 0 fully saturated rings. The summed E-state index contributed by atoms with van der Waals surface area (Å²) in [6.45, 7) is 2.47. The first-order valence-corrected chi connectivity index (χ1v) is 8.26. The highest BCUT2D eigenvalue weighted by Gasteiger charge is 2.21. The van der Waals surface area contributed by atoms with Gasteiger partial charge >= 0.3 is 5.97 Å². The highest BCUT2D eigenvalue weighted by Crippen LogP contribution is 2.16. The number of carbonyl (C=O) groups excluding carboxylic acids is 1. The minimum absolute atomic E-state index is 0.000569. The fraction of sp³-hybridized carbons (Fsp3) is 0.316. The molecule has 2 rings (SSSR count). The average Bonchev–Trinajstić information content (AvgIpc) is 2.66. The fourth-order valence-electron chi connectivity index (χ4n) is 2.46. The van der Waals surface area contributed by atoms with E-state index in [1.54, 1.807) is 24.3 Å². The molecule has 138 valence electrons. The van der Waals surface area contributed by atoms with Crippen molar-refractivity contribution >= 4 is 11.9 Å². The number of benzene rings is 1. The number of aromatic nitrogens is 1. The van der Waals surface area contributed by atoms with Gasteiger partial charge in [-0.15, -0.1) is 0 Å². The molecular formula is C19H22N2O5. The molecule has 7 nitrogen and oxygen atoms in total. The van der Waals surface area contributed by atoms with Crippen molar-refractivity contribution < 1.29 is 24.2 Å². The number of pyridine rings is 1. The van der Waals surface area contributed by atoms with Crippen LogP contribution in [0.15, 0.2) is 42.6 Å². The standard InChI is InChI=1S/C19H22N2O5/c1-3-26-15-8-6-13(7-9-15)11-14(19(23)24)12-21-17(22)16-5-4-10-20-18(16)25-2/h4-10,14H,3,11-12H2,1-2H3,(H,21,22)(H,23,24). The van der Waals surface area contributed by atoms with E-state index in [-0.39, 0.29) is 18.0 Å². The molecule has 0 radical (unpaired) electrons. The Bertz CT molecular complexity index is 746. The van der Waals surface area contributed by atoms with Crippen LogP contribution in [0.4, 0.5) is 0 Å². The molecule has 0 saturated carbocycles. The number of aliphatic carboxylic acids is 1. The van der Waals surface area contributed by atoms with Crippen LogP contribution in [0.2, 0.25) is 0 Å². The van der Waals surface area contributed by atoms with Crippen molar-refractivity contribution in [3.63, 3.8) is 0 Å². The Kier molecular flexibility index (Phi) is 6.96. The van der Waals surface area contributed by atoms with Crippen molar-refractivity contribution in [2.24, 2.45) is 5.92 Å². The lowest BCUT2D eigenvalue weighted by atomic mass is 9.99. The Morgan fingerprint density at radius 2 is 1.96 bits per heavy atom. The molecule has 1 unspecified atom stereocenters. The van der Waals surface area contributed by atoms with E-state index in [1.807, 2.05) is 19.1 Å². The number of hydrogen-bond donors (Lipinski definition) is 2. The zero-order valence-corrected chi connectivity index (χ0v) is 14.8. The highest BCUT2D eigenvalue weighted by molar-refractivity contribution is 5.96. The molecule has 1 atom stereocenters. The molecule has 7 heteroatoms. The summed E-state index contributed by atoms with van der Waals surface area (Å²) in [5.41, 5.74) is 1.12. The van der Waals surface area contributed by atoms with Crippen LogP contribution in [0, 0.1) is 5.92 Å². The first-order valence-electron chi connectivity index (χ1n) is 8.26. The fourth-order valence-corrected chi connectivity index (χ4v) is 2.46. The summed E-state index contributed by atoms with van der Waals surface area (Å²) >= 11 is 0. The number of carboxylic acid groups (broad SMARTS) is 1. The van der Waals surface area contributed by atoms with E-state index in [4.69, 9.17) is 9.47 Å². The molecule has 1 amide bonds. The van der Waals surface area contributed by atoms with Crippen molar-refractivity contribution in [3.05, 3.63) is 53.7 Å². The Labute approximate surface area is 152 Å². The normalized spacial score (nSPS) is 11.5. The summed E-state index contributed by atoms with van der Waals surface area (Å²) in [6.07, 6.45) is 1.81. The minimum atomic E-state index is -0.975. The first-order chi connectivity index (χ1) is 12.5. The topological polar surface area (TPSA) is 97.8 Å². The lowest BCUT2D eigenvalue weighted by Crippen LogP contribution is -2.34. The van der Waals surface area contributed by atoms with E-state index in [2.05, 4.69) is 10.3 Å². The Morgan fingerprint density at radius 1 is 1.23 bits per heavy atom. The molecule has 0 bridgehead atoms. The van der Waals surface area contributed by atoms with Gasteiger partial charge in [0.1, 0.15) is 11.3 Å². The molecule has 2 aromatic rings. The summed E-state index contributed by atoms with van der Waals surface area (Å²) in [6, 6.07) is 10.4. The third-order valence-corrected chi connectivity index (χ3v) is 3.78. The van der Waals surface area contributed by atoms with E-state index in [9.17, 15) is 14.7 Å². The van der Waals surface area contributed by atoms with Crippen LogP contribution < -0.4 is 14.8 Å². The van der Waals surface area contributed by atoms with Crippen LogP contribution >= 0.6 is 0 Å². The van der Waals surface area contributed by atoms with Crippen molar-refractivity contribution in [1.29, 1.82) is 0 Å². The number of hydrogen-bond acceptors (Lipinski definition) is 5. The Balaban J connectivity index is 1.99. The molecule has 26 heavy (non-hydrogen) atoms. The number of nitrogens with zero attached hydrogens (tertiary/aromatic N) is 1. The summed E-state index contributed by atoms with van der Waals surface area (Å²) in [7, 11) is 1.42. The van der Waals surface area contributed by atoms with Crippen LogP contribution in [0.1, 0.15) is 22.8 Å². The third-order valence-electron chi connectivity index (χ3n) is 3.78. The smallest absolute Gasteiger partial charge is 0.308 e. The van der Waals surface area contributed by atoms with Crippen LogP contribution in [0.5, 0.6) is 11.6 Å². The lowest BCUT2D eigenvalue weighted by Gasteiger charge is -2.14. The molecule has 1 aromatic carbocycles. The zero-order valence-electron chi connectivity index (χ0n) is 14.8. The predicted octanol–water partition coefficient (Wildman–Crippen LogP) is 2.16. The summed E-state index contributed by atoms with van der Waals surface area (Å²) < 4.78 is 10.4. The van der Waals surface area contributed by atoms with Gasteiger partial charge < -0.3 is 19.9 Å². The molecule has 1 aromatic heterocycles. The van der Waals surface area contributed by atoms with Gasteiger partial charge in [-0.25, -0.2) is 4.98 Å². The third kappa shape index (κ3) is 5.20. The van der Waals surface area contributed by atoms with Crippen molar-refractivity contribution in [2.75, 3.05) is 20.3 Å². The molecule has 0 aliphatic rings. The Hall–Kier alpha value is -3.09. The number of carbonyl (C=O) groups is 2. The van der Waals surface area contributed by atoms with E-state index in [0.717, 1.165) is 11.3 Å². The summed E-state index contributed by atoms with van der Waals surface area (Å²) in [4.78, 5) is 27.8. The SMILES string of the molecule is CCOc1ccc(CC(CNC(=O)c2cccnc2OC)C(=O)O)cc1. The van der Waals surface area contributed by atoms with Crippen LogP contribution in [0.25, 0.3) is 0 Å². The lowest BCUT2D eigenvalue weighted by molar-refractivity contribution is -0.141. The molecule has 0 spiro atoms. The van der Waals surface area contributed by atoms with Gasteiger partial charge in [0, 0.05) is 12.7 Å². The molecule has 2 N–H and O–H groups in total. The monoisotopic (exact) mass is 358 g/mol. The van der Waals surface area contributed by atoms with E-state index >= 15 is 0 Å². The number of rotatable bonds is 9. The van der Waals surface area contributed by atoms with Gasteiger partial charge in [-0.2, -0.15) is 0 Å². The Morgan fingerprint density at radius 3 is 2.58 bits per heavy atom. The van der Waals surface area contributed by atoms with Crippen molar-refractivity contribution in [2.45, 2.75) is 13.3 Å². The van der Waals surface area contributed by atoms with Gasteiger partial charge in [-0.1, -0.05) is 12.1 Å². The average molecular weight is 358 g/mol. The second kappa shape index (κ2) is 9.41. The second-order valence-corrected chi connectivity index (χ2v) is 5.59. The molecule has 0 aliphatic carbocycles. The summed E-state index contributed by atoms with van der Waals surface area (Å²) in [5, 5.41) is 12.1. The van der Waals surface area contributed by atoms with E-state index < -0.39 is 17.8 Å². The quantitative estimate of drug-likeness (QED) is 0.713. The highest BCUT2D eigenvalue weighted by atomic mass is 16.5. The zero-order chi connectivity index (χ0) is 18.9. The molecule has 0 aliphatic heterocycles. The number of nitrogens with one attached hydrogen (secondary N) is 1. The molecular weight excluding hydrogens is 336 g/mol. The van der Waals surface area contributed by atoms with Gasteiger partial charge in [0.05, 0.1) is 19.6 Å². The minimum Gasteiger partial charge on any atom is -0.494 e. The van der Waals surface area contributed by atoms with Gasteiger partial charge in [0.25, 0.3) is 5.91 Å².